The molecule has 2 heterocycles. The highest BCUT2D eigenvalue weighted by molar-refractivity contribution is 9.10. The van der Waals surface area contributed by atoms with Crippen LogP contribution in [-0.2, 0) is 6.42 Å². The number of nitrogens with two attached hydrogens (primary N) is 1. The van der Waals surface area contributed by atoms with E-state index in [0.717, 1.165) is 22.4 Å². The molecule has 0 aliphatic rings. The lowest BCUT2D eigenvalue weighted by atomic mass is 10.4. The average Bonchev–Trinajstić information content (AvgIpc) is 2.46. The summed E-state index contributed by atoms with van der Waals surface area (Å²) in [6, 6.07) is 3.85. The predicted molar refractivity (Wildman–Crippen MR) is 53.4 cm³/mol. The van der Waals surface area contributed by atoms with Crippen LogP contribution in [-0.4, -0.2) is 21.1 Å². The molecule has 5 heteroatoms. The summed E-state index contributed by atoms with van der Waals surface area (Å²) in [5.74, 6) is 0.792. The van der Waals surface area contributed by atoms with Gasteiger partial charge >= 0.3 is 0 Å². The summed E-state index contributed by atoms with van der Waals surface area (Å²) in [5.41, 5.74) is 6.26. The summed E-state index contributed by atoms with van der Waals surface area (Å²) in [6.07, 6.45) is 2.59. The Labute approximate surface area is 83.9 Å². The third-order valence-corrected chi connectivity index (χ3v) is 2.20. The van der Waals surface area contributed by atoms with E-state index in [2.05, 4.69) is 26.0 Å². The van der Waals surface area contributed by atoms with Crippen molar-refractivity contribution in [3.05, 3.63) is 28.6 Å². The number of pyridine rings is 1. The fraction of sp³-hybridized carbons (Fsp3) is 0.250. The summed E-state index contributed by atoms with van der Waals surface area (Å²) in [5, 5.41) is 4.25. The quantitative estimate of drug-likeness (QED) is 0.853. The highest BCUT2D eigenvalue weighted by Crippen LogP contribution is 2.11. The molecule has 2 rings (SSSR count). The fourth-order valence-corrected chi connectivity index (χ4v) is 1.46. The van der Waals surface area contributed by atoms with Gasteiger partial charge < -0.3 is 5.73 Å². The summed E-state index contributed by atoms with van der Waals surface area (Å²) >= 11 is 3.37. The van der Waals surface area contributed by atoms with Gasteiger partial charge in [0.05, 0.1) is 0 Å². The zero-order valence-electron chi connectivity index (χ0n) is 6.94. The van der Waals surface area contributed by atoms with Crippen LogP contribution in [0.3, 0.4) is 0 Å². The molecule has 0 atom stereocenters. The molecule has 0 saturated carbocycles. The molecule has 0 fully saturated rings. The number of aromatic nitrogens is 3. The second-order valence-corrected chi connectivity index (χ2v) is 3.63. The molecule has 0 amide bonds. The topological polar surface area (TPSA) is 56.2 Å². The first-order valence-corrected chi connectivity index (χ1v) is 4.80. The summed E-state index contributed by atoms with van der Waals surface area (Å²) in [7, 11) is 0. The number of hydrogen-bond acceptors (Lipinski definition) is 3. The molecule has 0 aromatic carbocycles. The maximum atomic E-state index is 5.41. The minimum Gasteiger partial charge on any atom is -0.330 e. The molecular formula is C8H9BrN4. The van der Waals surface area contributed by atoms with Gasteiger partial charge in [-0.1, -0.05) is 15.9 Å². The van der Waals surface area contributed by atoms with Gasteiger partial charge in [0.2, 0.25) is 0 Å². The fourth-order valence-electron chi connectivity index (χ4n) is 1.14. The molecule has 68 valence electrons. The van der Waals surface area contributed by atoms with E-state index in [1.165, 1.54) is 0 Å². The molecule has 0 saturated heterocycles. The third kappa shape index (κ3) is 1.71. The number of rotatable bonds is 2. The Kier molecular flexibility index (Phi) is 2.28. The molecule has 4 nitrogen and oxygen atoms in total. The summed E-state index contributed by atoms with van der Waals surface area (Å²) in [4.78, 5) is 4.31. The van der Waals surface area contributed by atoms with Crippen molar-refractivity contribution >= 4 is 21.6 Å². The molecule has 0 radical (unpaired) electrons. The van der Waals surface area contributed by atoms with Crippen LogP contribution in [0, 0.1) is 0 Å². The van der Waals surface area contributed by atoms with Crippen molar-refractivity contribution in [1.29, 1.82) is 0 Å². The molecule has 0 aliphatic carbocycles. The number of halogens is 1. The van der Waals surface area contributed by atoms with Gasteiger partial charge in [-0.3, -0.25) is 0 Å². The molecule has 2 aromatic heterocycles. The van der Waals surface area contributed by atoms with Crippen molar-refractivity contribution in [3.63, 3.8) is 0 Å². The molecule has 0 spiro atoms. The van der Waals surface area contributed by atoms with Crippen molar-refractivity contribution in [2.24, 2.45) is 5.73 Å². The Hall–Kier alpha value is -0.940. The van der Waals surface area contributed by atoms with Crippen molar-refractivity contribution in [1.82, 2.24) is 14.6 Å². The zero-order chi connectivity index (χ0) is 9.26. The van der Waals surface area contributed by atoms with Gasteiger partial charge in [0.1, 0.15) is 0 Å². The van der Waals surface area contributed by atoms with Crippen LogP contribution in [0.25, 0.3) is 5.65 Å². The van der Waals surface area contributed by atoms with Crippen LogP contribution in [0.15, 0.2) is 22.8 Å². The molecule has 13 heavy (non-hydrogen) atoms. The van der Waals surface area contributed by atoms with Gasteiger partial charge in [-0.05, 0) is 18.7 Å². The molecule has 2 N–H and O–H groups in total. The second-order valence-electron chi connectivity index (χ2n) is 2.71. The Morgan fingerprint density at radius 3 is 3.15 bits per heavy atom. The summed E-state index contributed by atoms with van der Waals surface area (Å²) in [6.45, 7) is 0.581. The van der Waals surface area contributed by atoms with Crippen molar-refractivity contribution in [2.75, 3.05) is 6.54 Å². The van der Waals surface area contributed by atoms with E-state index in [1.807, 2.05) is 18.3 Å². The van der Waals surface area contributed by atoms with E-state index in [4.69, 9.17) is 5.73 Å². The maximum absolute atomic E-state index is 5.41. The van der Waals surface area contributed by atoms with Crippen LogP contribution in [0.5, 0.6) is 0 Å². The number of hydrogen-bond donors (Lipinski definition) is 1. The maximum Gasteiger partial charge on any atom is 0.156 e. The first-order chi connectivity index (χ1) is 6.29. The Balaban J connectivity index is 2.49. The average molecular weight is 241 g/mol. The van der Waals surface area contributed by atoms with Crippen LogP contribution in [0.2, 0.25) is 0 Å². The van der Waals surface area contributed by atoms with E-state index in [9.17, 15) is 0 Å². The van der Waals surface area contributed by atoms with Crippen LogP contribution >= 0.6 is 15.9 Å². The highest BCUT2D eigenvalue weighted by atomic mass is 79.9. The second kappa shape index (κ2) is 3.43. The molecule has 0 bridgehead atoms. The minimum atomic E-state index is 0.581. The van der Waals surface area contributed by atoms with E-state index in [1.54, 1.807) is 4.52 Å². The molecular weight excluding hydrogens is 232 g/mol. The largest absolute Gasteiger partial charge is 0.330 e. The Morgan fingerprint density at radius 1 is 1.54 bits per heavy atom. The van der Waals surface area contributed by atoms with Gasteiger partial charge in [-0.25, -0.2) is 9.50 Å². The van der Waals surface area contributed by atoms with E-state index >= 15 is 0 Å². The third-order valence-electron chi connectivity index (χ3n) is 1.71. The van der Waals surface area contributed by atoms with Crippen LogP contribution in [0.4, 0.5) is 0 Å². The van der Waals surface area contributed by atoms with E-state index < -0.39 is 0 Å². The van der Waals surface area contributed by atoms with Crippen LogP contribution in [0.1, 0.15) is 5.82 Å². The standard InChI is InChI=1S/C8H9BrN4/c9-6-2-4-13-8(5-6)11-7(12-13)1-3-10/h2,4-5H,1,3,10H2. The predicted octanol–water partition coefficient (Wildman–Crippen LogP) is 0.993. The monoisotopic (exact) mass is 240 g/mol. The van der Waals surface area contributed by atoms with Gasteiger partial charge in [-0.2, -0.15) is 5.10 Å². The van der Waals surface area contributed by atoms with Gasteiger partial charge in [-0.15, -0.1) is 0 Å². The molecule has 0 unspecified atom stereocenters. The lowest BCUT2D eigenvalue weighted by Gasteiger charge is -1.89. The highest BCUT2D eigenvalue weighted by Gasteiger charge is 2.01. The lowest BCUT2D eigenvalue weighted by molar-refractivity contribution is 0.844. The van der Waals surface area contributed by atoms with Gasteiger partial charge in [0.25, 0.3) is 0 Å². The van der Waals surface area contributed by atoms with E-state index in [-0.39, 0.29) is 0 Å². The van der Waals surface area contributed by atoms with Gasteiger partial charge in [0, 0.05) is 17.1 Å². The van der Waals surface area contributed by atoms with E-state index in [0.29, 0.717) is 6.54 Å². The molecule has 0 aliphatic heterocycles. The SMILES string of the molecule is NCCc1nc2cc(Br)ccn2n1. The lowest BCUT2D eigenvalue weighted by Crippen LogP contribution is -2.04. The van der Waals surface area contributed by atoms with Crippen molar-refractivity contribution < 1.29 is 0 Å². The zero-order valence-corrected chi connectivity index (χ0v) is 8.53. The number of nitrogens with zero attached hydrogens (tertiary/aromatic N) is 3. The Bertz CT molecular complexity index is 423. The first kappa shape index (κ1) is 8.65. The molecule has 2 aromatic rings. The summed E-state index contributed by atoms with van der Waals surface area (Å²) < 4.78 is 2.75. The number of fused-ring (bicyclic) bond motifs is 1. The van der Waals surface area contributed by atoms with Gasteiger partial charge in [0.15, 0.2) is 11.5 Å². The normalized spacial score (nSPS) is 10.9. The van der Waals surface area contributed by atoms with Crippen molar-refractivity contribution in [3.8, 4) is 0 Å². The Morgan fingerprint density at radius 2 is 2.38 bits per heavy atom. The minimum absolute atomic E-state index is 0.581. The first-order valence-electron chi connectivity index (χ1n) is 4.00. The van der Waals surface area contributed by atoms with Crippen LogP contribution < -0.4 is 5.73 Å². The smallest absolute Gasteiger partial charge is 0.156 e. The van der Waals surface area contributed by atoms with Crippen molar-refractivity contribution in [2.45, 2.75) is 6.42 Å².